The molecule has 1 aliphatic carbocycles. The number of allylic oxidation sites excluding steroid dienone is 1. The second-order valence-corrected chi connectivity index (χ2v) is 4.33. The Bertz CT molecular complexity index is 212. The molecule has 1 saturated heterocycles. The topological polar surface area (TPSA) is 18.5 Å². The first-order chi connectivity index (χ1) is 6.24. The summed E-state index contributed by atoms with van der Waals surface area (Å²) in [6, 6.07) is 0. The highest BCUT2D eigenvalue weighted by Gasteiger charge is 2.43. The van der Waals surface area contributed by atoms with Crippen molar-refractivity contribution in [1.82, 2.24) is 0 Å². The van der Waals surface area contributed by atoms with E-state index in [2.05, 4.69) is 6.58 Å². The zero-order chi connectivity index (χ0) is 9.31. The van der Waals surface area contributed by atoms with Gasteiger partial charge in [0.25, 0.3) is 0 Å². The Balaban J connectivity index is 1.93. The molecule has 2 aliphatic rings. The minimum Gasteiger partial charge on any atom is -0.353 e. The Labute approximate surface area is 79.9 Å². The Hall–Kier alpha value is -0.340. The molecule has 2 atom stereocenters. The van der Waals surface area contributed by atoms with E-state index in [0.29, 0.717) is 5.41 Å². The van der Waals surface area contributed by atoms with Crippen LogP contribution < -0.4 is 0 Å². The van der Waals surface area contributed by atoms with Gasteiger partial charge in [-0.15, -0.1) is 0 Å². The van der Waals surface area contributed by atoms with E-state index in [-0.39, 0.29) is 6.29 Å². The van der Waals surface area contributed by atoms with Gasteiger partial charge in [-0.1, -0.05) is 12.2 Å². The largest absolute Gasteiger partial charge is 0.353 e. The highest BCUT2D eigenvalue weighted by molar-refractivity contribution is 5.09. The predicted octanol–water partition coefficient (Wildman–Crippen LogP) is 2.50. The molecule has 0 bridgehead atoms. The van der Waals surface area contributed by atoms with Crippen molar-refractivity contribution >= 4 is 0 Å². The number of hydrogen-bond acceptors (Lipinski definition) is 2. The summed E-state index contributed by atoms with van der Waals surface area (Å²) in [6.07, 6.45) is 4.70. The molecule has 2 rings (SSSR count). The maximum absolute atomic E-state index is 5.62. The molecule has 2 nitrogen and oxygen atoms in total. The molecule has 13 heavy (non-hydrogen) atoms. The fourth-order valence-corrected chi connectivity index (χ4v) is 2.48. The quantitative estimate of drug-likeness (QED) is 0.611. The lowest BCUT2D eigenvalue weighted by molar-refractivity contribution is -0.106. The zero-order valence-electron chi connectivity index (χ0n) is 8.34. The van der Waals surface area contributed by atoms with Crippen molar-refractivity contribution < 1.29 is 9.47 Å². The average molecular weight is 182 g/mol. The molecular weight excluding hydrogens is 164 g/mol. The molecule has 1 saturated carbocycles. The maximum Gasteiger partial charge on any atom is 0.158 e. The van der Waals surface area contributed by atoms with Crippen LogP contribution >= 0.6 is 0 Å². The highest BCUT2D eigenvalue weighted by Crippen LogP contribution is 2.48. The van der Waals surface area contributed by atoms with E-state index in [1.807, 2.05) is 6.92 Å². The molecule has 2 unspecified atom stereocenters. The van der Waals surface area contributed by atoms with Gasteiger partial charge in [-0.3, -0.25) is 0 Å². The van der Waals surface area contributed by atoms with Crippen LogP contribution in [0.3, 0.4) is 0 Å². The molecule has 0 amide bonds. The molecule has 1 heterocycles. The second-order valence-electron chi connectivity index (χ2n) is 4.33. The standard InChI is InChI=1S/C11H18O2/c1-3-12-10-7-11(8-13-10)5-4-9(2)6-11/h10H,2-8H2,1H3. The first-order valence-electron chi connectivity index (χ1n) is 5.14. The first kappa shape index (κ1) is 9.22. The molecule has 0 N–H and O–H groups in total. The van der Waals surface area contributed by atoms with Crippen LogP contribution in [0.1, 0.15) is 32.6 Å². The average Bonchev–Trinajstić information content (AvgIpc) is 2.62. The van der Waals surface area contributed by atoms with Crippen molar-refractivity contribution in [2.75, 3.05) is 13.2 Å². The molecule has 0 aromatic rings. The summed E-state index contributed by atoms with van der Waals surface area (Å²) in [6.45, 7) is 7.69. The van der Waals surface area contributed by atoms with Gasteiger partial charge in [0.1, 0.15) is 0 Å². The molecular formula is C11H18O2. The second kappa shape index (κ2) is 3.43. The predicted molar refractivity (Wildman–Crippen MR) is 51.4 cm³/mol. The van der Waals surface area contributed by atoms with Crippen LogP contribution in [0.15, 0.2) is 12.2 Å². The summed E-state index contributed by atoms with van der Waals surface area (Å²) in [4.78, 5) is 0. The van der Waals surface area contributed by atoms with Gasteiger partial charge in [0.2, 0.25) is 0 Å². The molecule has 2 heteroatoms. The fraction of sp³-hybridized carbons (Fsp3) is 0.818. The Kier molecular flexibility index (Phi) is 2.43. The van der Waals surface area contributed by atoms with E-state index in [0.717, 1.165) is 26.1 Å². The van der Waals surface area contributed by atoms with Crippen LogP contribution in [0.25, 0.3) is 0 Å². The fourth-order valence-electron chi connectivity index (χ4n) is 2.48. The van der Waals surface area contributed by atoms with Crippen molar-refractivity contribution in [3.05, 3.63) is 12.2 Å². The first-order valence-corrected chi connectivity index (χ1v) is 5.14. The zero-order valence-corrected chi connectivity index (χ0v) is 8.34. The highest BCUT2D eigenvalue weighted by atomic mass is 16.7. The van der Waals surface area contributed by atoms with Gasteiger partial charge < -0.3 is 9.47 Å². The van der Waals surface area contributed by atoms with Crippen LogP contribution in [0.4, 0.5) is 0 Å². The maximum atomic E-state index is 5.62. The van der Waals surface area contributed by atoms with Crippen LogP contribution in [0.5, 0.6) is 0 Å². The molecule has 0 aromatic heterocycles. The molecule has 74 valence electrons. The number of ether oxygens (including phenoxy) is 2. The van der Waals surface area contributed by atoms with Crippen molar-refractivity contribution in [2.24, 2.45) is 5.41 Å². The summed E-state index contributed by atoms with van der Waals surface area (Å²) in [5.41, 5.74) is 1.78. The monoisotopic (exact) mass is 182 g/mol. The third kappa shape index (κ3) is 1.79. The van der Waals surface area contributed by atoms with Crippen molar-refractivity contribution in [2.45, 2.75) is 38.9 Å². The van der Waals surface area contributed by atoms with Gasteiger partial charge in [0.05, 0.1) is 6.61 Å². The van der Waals surface area contributed by atoms with E-state index >= 15 is 0 Å². The Morgan fingerprint density at radius 3 is 3.15 bits per heavy atom. The van der Waals surface area contributed by atoms with Gasteiger partial charge in [-0.2, -0.15) is 0 Å². The van der Waals surface area contributed by atoms with E-state index in [1.165, 1.54) is 18.4 Å². The minimum atomic E-state index is 0.0518. The van der Waals surface area contributed by atoms with Crippen LogP contribution in [0, 0.1) is 5.41 Å². The number of hydrogen-bond donors (Lipinski definition) is 0. The lowest BCUT2D eigenvalue weighted by Gasteiger charge is -2.19. The van der Waals surface area contributed by atoms with Crippen molar-refractivity contribution in [1.29, 1.82) is 0 Å². The number of rotatable bonds is 2. The Morgan fingerprint density at radius 2 is 2.54 bits per heavy atom. The normalized spacial score (nSPS) is 39.2. The van der Waals surface area contributed by atoms with Crippen molar-refractivity contribution in [3.63, 3.8) is 0 Å². The summed E-state index contributed by atoms with van der Waals surface area (Å²) >= 11 is 0. The Morgan fingerprint density at radius 1 is 1.69 bits per heavy atom. The van der Waals surface area contributed by atoms with E-state index in [9.17, 15) is 0 Å². The lowest BCUT2D eigenvalue weighted by Crippen LogP contribution is -2.17. The SMILES string of the molecule is C=C1CCC2(COC(OCC)C2)C1. The molecule has 1 aliphatic heterocycles. The van der Waals surface area contributed by atoms with Gasteiger partial charge in [-0.05, 0) is 26.2 Å². The lowest BCUT2D eigenvalue weighted by atomic mass is 9.85. The van der Waals surface area contributed by atoms with Gasteiger partial charge >= 0.3 is 0 Å². The smallest absolute Gasteiger partial charge is 0.158 e. The van der Waals surface area contributed by atoms with Crippen molar-refractivity contribution in [3.8, 4) is 0 Å². The van der Waals surface area contributed by atoms with E-state index in [4.69, 9.17) is 9.47 Å². The van der Waals surface area contributed by atoms with Crippen LogP contribution in [0.2, 0.25) is 0 Å². The summed E-state index contributed by atoms with van der Waals surface area (Å²) in [7, 11) is 0. The van der Waals surface area contributed by atoms with Gasteiger partial charge in [0.15, 0.2) is 6.29 Å². The van der Waals surface area contributed by atoms with Gasteiger partial charge in [0, 0.05) is 18.4 Å². The van der Waals surface area contributed by atoms with E-state index < -0.39 is 0 Å². The van der Waals surface area contributed by atoms with Crippen LogP contribution in [-0.4, -0.2) is 19.5 Å². The molecule has 2 fully saturated rings. The van der Waals surface area contributed by atoms with Crippen LogP contribution in [-0.2, 0) is 9.47 Å². The molecule has 0 radical (unpaired) electrons. The third-order valence-electron chi connectivity index (χ3n) is 3.16. The van der Waals surface area contributed by atoms with Gasteiger partial charge in [-0.25, -0.2) is 0 Å². The third-order valence-corrected chi connectivity index (χ3v) is 3.16. The molecule has 0 aromatic carbocycles. The minimum absolute atomic E-state index is 0.0518. The summed E-state index contributed by atoms with van der Waals surface area (Å²) < 4.78 is 11.1. The summed E-state index contributed by atoms with van der Waals surface area (Å²) in [5.74, 6) is 0. The molecule has 1 spiro atoms. The summed E-state index contributed by atoms with van der Waals surface area (Å²) in [5, 5.41) is 0. The van der Waals surface area contributed by atoms with E-state index in [1.54, 1.807) is 0 Å².